The van der Waals surface area contributed by atoms with Crippen LogP contribution in [0.4, 0.5) is 10.5 Å². The standard InChI is InChI=1S/C16H22N2O4/c1-3-22-16(20)17-10-9-14(19)18-15-12-6-4-5-11(12)7-8-13(15)21-2/h7-8H,3-6,9-10H2,1-2H3,(H,17,20)(H,18,19). The zero-order valence-electron chi connectivity index (χ0n) is 13.0. The van der Waals surface area contributed by atoms with Crippen LogP contribution in [0.15, 0.2) is 12.1 Å². The third kappa shape index (κ3) is 3.90. The molecule has 0 aliphatic heterocycles. The summed E-state index contributed by atoms with van der Waals surface area (Å²) in [5, 5.41) is 5.44. The lowest BCUT2D eigenvalue weighted by Gasteiger charge is -2.15. The highest BCUT2D eigenvalue weighted by atomic mass is 16.5. The molecule has 0 radical (unpaired) electrons. The summed E-state index contributed by atoms with van der Waals surface area (Å²) in [6, 6.07) is 3.94. The number of methoxy groups -OCH3 is 1. The fraction of sp³-hybridized carbons (Fsp3) is 0.500. The van der Waals surface area contributed by atoms with Gasteiger partial charge in [0.05, 0.1) is 19.4 Å². The minimum atomic E-state index is -0.506. The molecule has 2 rings (SSSR count). The minimum absolute atomic E-state index is 0.157. The van der Waals surface area contributed by atoms with Gasteiger partial charge in [-0.05, 0) is 43.4 Å². The second-order valence-corrected chi connectivity index (χ2v) is 5.08. The number of hydrogen-bond acceptors (Lipinski definition) is 4. The molecule has 1 aliphatic rings. The van der Waals surface area contributed by atoms with Gasteiger partial charge in [-0.15, -0.1) is 0 Å². The van der Waals surface area contributed by atoms with E-state index in [4.69, 9.17) is 9.47 Å². The molecule has 2 amide bonds. The number of alkyl carbamates (subject to hydrolysis) is 1. The zero-order valence-corrected chi connectivity index (χ0v) is 13.0. The molecule has 1 aromatic carbocycles. The average molecular weight is 306 g/mol. The van der Waals surface area contributed by atoms with Gasteiger partial charge in [0.1, 0.15) is 5.75 Å². The minimum Gasteiger partial charge on any atom is -0.495 e. The molecule has 1 aliphatic carbocycles. The lowest BCUT2D eigenvalue weighted by Crippen LogP contribution is -2.28. The molecule has 0 fully saturated rings. The summed E-state index contributed by atoms with van der Waals surface area (Å²) in [4.78, 5) is 23.2. The van der Waals surface area contributed by atoms with E-state index in [-0.39, 0.29) is 18.9 Å². The van der Waals surface area contributed by atoms with Gasteiger partial charge in [-0.25, -0.2) is 4.79 Å². The van der Waals surface area contributed by atoms with Crippen LogP contribution in [0.5, 0.6) is 5.75 Å². The first-order valence-corrected chi connectivity index (χ1v) is 7.55. The maximum atomic E-state index is 12.1. The van der Waals surface area contributed by atoms with Gasteiger partial charge in [-0.2, -0.15) is 0 Å². The van der Waals surface area contributed by atoms with E-state index in [2.05, 4.69) is 16.7 Å². The van der Waals surface area contributed by atoms with E-state index < -0.39 is 6.09 Å². The molecule has 0 bridgehead atoms. The summed E-state index contributed by atoms with van der Waals surface area (Å²) >= 11 is 0. The van der Waals surface area contributed by atoms with E-state index in [9.17, 15) is 9.59 Å². The summed E-state index contributed by atoms with van der Waals surface area (Å²) in [6.45, 7) is 2.28. The Kier molecular flexibility index (Phi) is 5.63. The monoisotopic (exact) mass is 306 g/mol. The first-order valence-electron chi connectivity index (χ1n) is 7.55. The van der Waals surface area contributed by atoms with Crippen molar-refractivity contribution in [2.75, 3.05) is 25.6 Å². The summed E-state index contributed by atoms with van der Waals surface area (Å²) in [7, 11) is 1.59. The van der Waals surface area contributed by atoms with E-state index in [1.807, 2.05) is 6.07 Å². The number of carbonyl (C=O) groups is 2. The van der Waals surface area contributed by atoms with Crippen LogP contribution in [0.2, 0.25) is 0 Å². The number of aryl methyl sites for hydroxylation is 1. The number of rotatable bonds is 6. The highest BCUT2D eigenvalue weighted by Crippen LogP contribution is 2.36. The van der Waals surface area contributed by atoms with Crippen molar-refractivity contribution in [3.63, 3.8) is 0 Å². The van der Waals surface area contributed by atoms with Gasteiger partial charge in [-0.3, -0.25) is 4.79 Å². The number of benzene rings is 1. The van der Waals surface area contributed by atoms with Crippen LogP contribution in [-0.4, -0.2) is 32.3 Å². The molecule has 0 spiro atoms. The second-order valence-electron chi connectivity index (χ2n) is 5.08. The number of carbonyl (C=O) groups excluding carboxylic acids is 2. The Morgan fingerprint density at radius 1 is 1.27 bits per heavy atom. The predicted molar refractivity (Wildman–Crippen MR) is 83.3 cm³/mol. The van der Waals surface area contributed by atoms with E-state index in [0.717, 1.165) is 30.5 Å². The summed E-state index contributed by atoms with van der Waals surface area (Å²) in [5.41, 5.74) is 3.19. The molecule has 0 saturated carbocycles. The molecule has 0 atom stereocenters. The maximum absolute atomic E-state index is 12.1. The molecule has 1 aromatic rings. The van der Waals surface area contributed by atoms with Gasteiger partial charge < -0.3 is 20.1 Å². The second kappa shape index (κ2) is 7.68. The van der Waals surface area contributed by atoms with Crippen molar-refractivity contribution in [2.24, 2.45) is 0 Å². The van der Waals surface area contributed by atoms with Crippen LogP contribution in [0.3, 0.4) is 0 Å². The topological polar surface area (TPSA) is 76.7 Å². The Balaban J connectivity index is 1.94. The Labute approximate surface area is 130 Å². The smallest absolute Gasteiger partial charge is 0.407 e. The Morgan fingerprint density at radius 3 is 2.82 bits per heavy atom. The molecular formula is C16H22N2O4. The molecule has 22 heavy (non-hydrogen) atoms. The van der Waals surface area contributed by atoms with Gasteiger partial charge in [-0.1, -0.05) is 6.07 Å². The maximum Gasteiger partial charge on any atom is 0.407 e. The first kappa shape index (κ1) is 16.1. The van der Waals surface area contributed by atoms with Crippen LogP contribution in [0, 0.1) is 0 Å². The van der Waals surface area contributed by atoms with E-state index in [0.29, 0.717) is 12.4 Å². The number of fused-ring (bicyclic) bond motifs is 1. The Morgan fingerprint density at radius 2 is 2.09 bits per heavy atom. The summed E-state index contributed by atoms with van der Waals surface area (Å²) in [5.74, 6) is 0.516. The van der Waals surface area contributed by atoms with Crippen molar-refractivity contribution in [3.8, 4) is 5.75 Å². The van der Waals surface area contributed by atoms with Gasteiger partial charge in [0, 0.05) is 13.0 Å². The van der Waals surface area contributed by atoms with Crippen molar-refractivity contribution in [1.29, 1.82) is 0 Å². The van der Waals surface area contributed by atoms with Gasteiger partial charge in [0.25, 0.3) is 0 Å². The van der Waals surface area contributed by atoms with Gasteiger partial charge in [0.2, 0.25) is 5.91 Å². The fourth-order valence-electron chi connectivity index (χ4n) is 2.61. The lowest BCUT2D eigenvalue weighted by atomic mass is 10.1. The van der Waals surface area contributed by atoms with E-state index >= 15 is 0 Å². The molecule has 2 N–H and O–H groups in total. The number of anilines is 1. The molecule has 0 aromatic heterocycles. The van der Waals surface area contributed by atoms with Crippen LogP contribution < -0.4 is 15.4 Å². The highest BCUT2D eigenvalue weighted by Gasteiger charge is 2.20. The number of amides is 2. The molecule has 6 nitrogen and oxygen atoms in total. The SMILES string of the molecule is CCOC(=O)NCCC(=O)Nc1c(OC)ccc2c1CCC2. The third-order valence-corrected chi connectivity index (χ3v) is 3.63. The number of nitrogens with one attached hydrogen (secondary N) is 2. The molecule has 6 heteroatoms. The van der Waals surface area contributed by atoms with Crippen LogP contribution >= 0.6 is 0 Å². The molecule has 0 heterocycles. The van der Waals surface area contributed by atoms with E-state index in [1.54, 1.807) is 14.0 Å². The number of hydrogen-bond donors (Lipinski definition) is 2. The van der Waals surface area contributed by atoms with Crippen LogP contribution in [-0.2, 0) is 22.4 Å². The lowest BCUT2D eigenvalue weighted by molar-refractivity contribution is -0.116. The predicted octanol–water partition coefficient (Wildman–Crippen LogP) is 2.26. The van der Waals surface area contributed by atoms with Gasteiger partial charge in [0.15, 0.2) is 0 Å². The molecule has 0 unspecified atom stereocenters. The van der Waals surface area contributed by atoms with Crippen molar-refractivity contribution in [1.82, 2.24) is 5.32 Å². The molecule has 0 saturated heterocycles. The Bertz CT molecular complexity index is 557. The summed E-state index contributed by atoms with van der Waals surface area (Å²) in [6.07, 6.45) is 2.76. The van der Waals surface area contributed by atoms with Crippen LogP contribution in [0.1, 0.15) is 30.9 Å². The largest absolute Gasteiger partial charge is 0.495 e. The molecule has 120 valence electrons. The van der Waals surface area contributed by atoms with Crippen molar-refractivity contribution in [3.05, 3.63) is 23.3 Å². The van der Waals surface area contributed by atoms with Crippen molar-refractivity contribution >= 4 is 17.7 Å². The molecular weight excluding hydrogens is 284 g/mol. The highest BCUT2D eigenvalue weighted by molar-refractivity contribution is 5.94. The van der Waals surface area contributed by atoms with Crippen molar-refractivity contribution in [2.45, 2.75) is 32.6 Å². The fourth-order valence-corrected chi connectivity index (χ4v) is 2.61. The average Bonchev–Trinajstić information content (AvgIpc) is 2.96. The zero-order chi connectivity index (χ0) is 15.9. The van der Waals surface area contributed by atoms with E-state index in [1.165, 1.54) is 5.56 Å². The third-order valence-electron chi connectivity index (χ3n) is 3.63. The first-order chi connectivity index (χ1) is 10.7. The van der Waals surface area contributed by atoms with Gasteiger partial charge >= 0.3 is 6.09 Å². The Hall–Kier alpha value is -2.24. The quantitative estimate of drug-likeness (QED) is 0.845. The number of ether oxygens (including phenoxy) is 2. The van der Waals surface area contributed by atoms with Crippen LogP contribution in [0.25, 0.3) is 0 Å². The van der Waals surface area contributed by atoms with Crippen molar-refractivity contribution < 1.29 is 19.1 Å². The summed E-state index contributed by atoms with van der Waals surface area (Å²) < 4.78 is 10.1. The normalized spacial score (nSPS) is 12.5.